The van der Waals surface area contributed by atoms with Crippen LogP contribution >= 0.6 is 0 Å². The quantitative estimate of drug-likeness (QED) is 0.868. The first-order chi connectivity index (χ1) is 12.6. The van der Waals surface area contributed by atoms with E-state index < -0.39 is 0 Å². The zero-order valence-corrected chi connectivity index (χ0v) is 15.7. The van der Waals surface area contributed by atoms with Crippen LogP contribution in [0.3, 0.4) is 0 Å². The molecule has 0 radical (unpaired) electrons. The fourth-order valence-electron chi connectivity index (χ4n) is 4.01. The van der Waals surface area contributed by atoms with Gasteiger partial charge in [0.15, 0.2) is 0 Å². The Labute approximate surface area is 155 Å². The summed E-state index contributed by atoms with van der Waals surface area (Å²) in [5, 5.41) is 3.03. The molecular formula is C20H29N3O3. The van der Waals surface area contributed by atoms with Crippen molar-refractivity contribution in [2.45, 2.75) is 38.1 Å². The van der Waals surface area contributed by atoms with Crippen LogP contribution in [0.15, 0.2) is 24.3 Å². The van der Waals surface area contributed by atoms with Crippen LogP contribution in [0.1, 0.15) is 37.7 Å². The van der Waals surface area contributed by atoms with Crippen LogP contribution in [0.2, 0.25) is 0 Å². The normalized spacial score (nSPS) is 23.7. The van der Waals surface area contributed by atoms with Crippen LogP contribution in [-0.2, 0) is 9.59 Å². The summed E-state index contributed by atoms with van der Waals surface area (Å²) in [6.07, 6.45) is 3.62. The summed E-state index contributed by atoms with van der Waals surface area (Å²) in [6.45, 7) is 5.26. The Bertz CT molecular complexity index is 626. The molecule has 1 N–H and O–H groups in total. The van der Waals surface area contributed by atoms with Crippen molar-refractivity contribution < 1.29 is 14.3 Å². The highest BCUT2D eigenvalue weighted by Gasteiger charge is 2.37. The highest BCUT2D eigenvalue weighted by Crippen LogP contribution is 2.29. The first-order valence-electron chi connectivity index (χ1n) is 9.48. The highest BCUT2D eigenvalue weighted by atomic mass is 16.5. The number of carbonyl (C=O) groups excluding carboxylic acids is 2. The van der Waals surface area contributed by atoms with E-state index in [1.165, 1.54) is 26.2 Å². The maximum atomic E-state index is 12.8. The highest BCUT2D eigenvalue weighted by molar-refractivity contribution is 5.79. The summed E-state index contributed by atoms with van der Waals surface area (Å²) in [5.41, 5.74) is 1.12. The maximum Gasteiger partial charge on any atom is 0.236 e. The number of likely N-dealkylation sites (tertiary alicyclic amines) is 2. The van der Waals surface area contributed by atoms with Gasteiger partial charge in [0.2, 0.25) is 11.8 Å². The predicted molar refractivity (Wildman–Crippen MR) is 100 cm³/mol. The topological polar surface area (TPSA) is 61.9 Å². The third kappa shape index (κ3) is 4.55. The molecule has 2 aliphatic rings. The molecule has 2 atom stereocenters. The minimum absolute atomic E-state index is 0.0498. The van der Waals surface area contributed by atoms with Crippen molar-refractivity contribution in [3.63, 3.8) is 0 Å². The lowest BCUT2D eigenvalue weighted by Gasteiger charge is -2.28. The summed E-state index contributed by atoms with van der Waals surface area (Å²) in [7, 11) is 1.64. The van der Waals surface area contributed by atoms with E-state index in [2.05, 4.69) is 10.2 Å². The molecule has 0 aliphatic carbocycles. The SMILES string of the molecule is COc1ccc(C2CN(C(=O)CN3CCCCC3)CC2NC(C)=O)cc1. The summed E-state index contributed by atoms with van der Waals surface area (Å²) < 4.78 is 5.23. The number of benzene rings is 1. The van der Waals surface area contributed by atoms with Crippen LogP contribution < -0.4 is 10.1 Å². The van der Waals surface area contributed by atoms with Crippen molar-refractivity contribution in [2.75, 3.05) is 39.8 Å². The summed E-state index contributed by atoms with van der Waals surface area (Å²) in [5.74, 6) is 1.02. The third-order valence-electron chi connectivity index (χ3n) is 5.41. The van der Waals surface area contributed by atoms with E-state index in [1.807, 2.05) is 29.2 Å². The summed E-state index contributed by atoms with van der Waals surface area (Å²) in [4.78, 5) is 28.6. The van der Waals surface area contributed by atoms with Gasteiger partial charge in [0.05, 0.1) is 19.7 Å². The van der Waals surface area contributed by atoms with Gasteiger partial charge < -0.3 is 15.0 Å². The average Bonchev–Trinajstić information content (AvgIpc) is 3.06. The number of amides is 2. The number of ether oxygens (including phenoxy) is 1. The molecule has 2 amide bonds. The van der Waals surface area contributed by atoms with Gasteiger partial charge >= 0.3 is 0 Å². The van der Waals surface area contributed by atoms with E-state index in [-0.39, 0.29) is 23.8 Å². The Morgan fingerprint density at radius 1 is 1.12 bits per heavy atom. The molecule has 142 valence electrons. The molecule has 6 heteroatoms. The van der Waals surface area contributed by atoms with Gasteiger partial charge in [-0.1, -0.05) is 18.6 Å². The average molecular weight is 359 g/mol. The van der Waals surface area contributed by atoms with Crippen molar-refractivity contribution in [3.05, 3.63) is 29.8 Å². The largest absolute Gasteiger partial charge is 0.497 e. The molecule has 26 heavy (non-hydrogen) atoms. The van der Waals surface area contributed by atoms with E-state index in [0.29, 0.717) is 19.6 Å². The number of nitrogens with zero attached hydrogens (tertiary/aromatic N) is 2. The molecule has 3 rings (SSSR count). The Balaban J connectivity index is 1.68. The standard InChI is InChI=1S/C20H29N3O3/c1-15(24)21-19-13-23(20(25)14-22-10-4-3-5-11-22)12-18(19)16-6-8-17(26-2)9-7-16/h6-9,18-19H,3-5,10-14H2,1-2H3,(H,21,24). The number of nitrogens with one attached hydrogen (secondary N) is 1. The van der Waals surface area contributed by atoms with Crippen molar-refractivity contribution in [3.8, 4) is 5.75 Å². The second-order valence-electron chi connectivity index (χ2n) is 7.32. The Morgan fingerprint density at radius 2 is 1.81 bits per heavy atom. The first-order valence-corrected chi connectivity index (χ1v) is 9.48. The minimum Gasteiger partial charge on any atom is -0.497 e. The molecular weight excluding hydrogens is 330 g/mol. The Morgan fingerprint density at radius 3 is 2.42 bits per heavy atom. The van der Waals surface area contributed by atoms with Gasteiger partial charge in [-0.2, -0.15) is 0 Å². The first kappa shape index (κ1) is 18.7. The van der Waals surface area contributed by atoms with E-state index in [0.717, 1.165) is 24.4 Å². The van der Waals surface area contributed by atoms with Crippen LogP contribution in [0, 0.1) is 0 Å². The van der Waals surface area contributed by atoms with Crippen LogP contribution in [0.5, 0.6) is 5.75 Å². The molecule has 6 nitrogen and oxygen atoms in total. The smallest absolute Gasteiger partial charge is 0.236 e. The van der Waals surface area contributed by atoms with Gasteiger partial charge in [0.1, 0.15) is 5.75 Å². The van der Waals surface area contributed by atoms with Gasteiger partial charge in [0.25, 0.3) is 0 Å². The molecule has 0 bridgehead atoms. The van der Waals surface area contributed by atoms with Gasteiger partial charge in [-0.25, -0.2) is 0 Å². The number of piperidine rings is 1. The molecule has 2 aliphatic heterocycles. The molecule has 2 unspecified atom stereocenters. The number of methoxy groups -OCH3 is 1. The van der Waals surface area contributed by atoms with E-state index in [1.54, 1.807) is 7.11 Å². The fourth-order valence-corrected chi connectivity index (χ4v) is 4.01. The van der Waals surface area contributed by atoms with Crippen LogP contribution in [0.25, 0.3) is 0 Å². The minimum atomic E-state index is -0.0566. The number of hydrogen-bond acceptors (Lipinski definition) is 4. The van der Waals surface area contributed by atoms with Gasteiger partial charge in [-0.05, 0) is 43.6 Å². The zero-order valence-electron chi connectivity index (χ0n) is 15.7. The van der Waals surface area contributed by atoms with Crippen molar-refractivity contribution in [1.29, 1.82) is 0 Å². The molecule has 0 saturated carbocycles. The molecule has 2 fully saturated rings. The van der Waals surface area contributed by atoms with E-state index >= 15 is 0 Å². The Hall–Kier alpha value is -2.08. The number of hydrogen-bond donors (Lipinski definition) is 1. The maximum absolute atomic E-state index is 12.8. The molecule has 2 heterocycles. The van der Waals surface area contributed by atoms with Crippen molar-refractivity contribution >= 4 is 11.8 Å². The lowest BCUT2D eigenvalue weighted by molar-refractivity contribution is -0.132. The summed E-state index contributed by atoms with van der Waals surface area (Å²) in [6, 6.07) is 7.86. The lowest BCUT2D eigenvalue weighted by Crippen LogP contribution is -2.43. The van der Waals surface area contributed by atoms with Gasteiger partial charge in [-0.15, -0.1) is 0 Å². The lowest BCUT2D eigenvalue weighted by atomic mass is 9.94. The molecule has 1 aromatic carbocycles. The third-order valence-corrected chi connectivity index (χ3v) is 5.41. The molecule has 0 spiro atoms. The predicted octanol–water partition coefficient (Wildman–Crippen LogP) is 1.61. The van der Waals surface area contributed by atoms with Gasteiger partial charge in [-0.3, -0.25) is 14.5 Å². The second-order valence-corrected chi connectivity index (χ2v) is 7.32. The van der Waals surface area contributed by atoms with E-state index in [9.17, 15) is 9.59 Å². The van der Waals surface area contributed by atoms with Crippen molar-refractivity contribution in [2.24, 2.45) is 0 Å². The van der Waals surface area contributed by atoms with E-state index in [4.69, 9.17) is 4.74 Å². The molecule has 1 aromatic rings. The summed E-state index contributed by atoms with van der Waals surface area (Å²) >= 11 is 0. The molecule has 0 aromatic heterocycles. The van der Waals surface area contributed by atoms with Crippen LogP contribution in [0.4, 0.5) is 0 Å². The number of rotatable bonds is 5. The van der Waals surface area contributed by atoms with Crippen LogP contribution in [-0.4, -0.2) is 67.5 Å². The van der Waals surface area contributed by atoms with Crippen molar-refractivity contribution in [1.82, 2.24) is 15.1 Å². The van der Waals surface area contributed by atoms with Gasteiger partial charge in [0, 0.05) is 25.9 Å². The Kier molecular flexibility index (Phi) is 6.14. The molecule has 2 saturated heterocycles. The number of carbonyl (C=O) groups is 2. The monoisotopic (exact) mass is 359 g/mol. The fraction of sp³-hybridized carbons (Fsp3) is 0.600. The zero-order chi connectivity index (χ0) is 18.5. The second kappa shape index (κ2) is 8.54.